The maximum atomic E-state index is 12.1. The Kier molecular flexibility index (Phi) is 4.52. The zero-order chi connectivity index (χ0) is 14.8. The van der Waals surface area contributed by atoms with E-state index >= 15 is 0 Å². The minimum absolute atomic E-state index is 0.135. The second-order valence-electron chi connectivity index (χ2n) is 5.98. The first-order valence-corrected chi connectivity index (χ1v) is 7.32. The van der Waals surface area contributed by atoms with Crippen LogP contribution in [0.2, 0.25) is 0 Å². The van der Waals surface area contributed by atoms with Crippen molar-refractivity contribution in [2.45, 2.75) is 51.2 Å². The second-order valence-corrected chi connectivity index (χ2v) is 5.98. The summed E-state index contributed by atoms with van der Waals surface area (Å²) < 4.78 is 5.18. The van der Waals surface area contributed by atoms with Gasteiger partial charge in [-0.1, -0.05) is 13.3 Å². The number of urea groups is 1. The van der Waals surface area contributed by atoms with Crippen molar-refractivity contribution in [1.29, 1.82) is 0 Å². The molecular formula is C14H24N2O4. The molecule has 0 aromatic carbocycles. The van der Waals surface area contributed by atoms with Gasteiger partial charge in [0.25, 0.3) is 0 Å². The molecule has 2 fully saturated rings. The normalized spacial score (nSPS) is 32.8. The molecule has 1 saturated carbocycles. The van der Waals surface area contributed by atoms with Crippen LogP contribution in [0.3, 0.4) is 0 Å². The number of hydrogen-bond acceptors (Lipinski definition) is 3. The standard InChI is InChI=1S/C14H24N2O4/c1-3-4-14(12(17)18)5-6-16(9-14)13(19)15-10-7-11(8-10)20-2/h10-11H,3-9H2,1-2H3,(H,15,19)(H,17,18). The third-order valence-corrected chi connectivity index (χ3v) is 4.58. The molecule has 114 valence electrons. The zero-order valence-corrected chi connectivity index (χ0v) is 12.2. The van der Waals surface area contributed by atoms with E-state index < -0.39 is 11.4 Å². The van der Waals surface area contributed by atoms with Crippen molar-refractivity contribution in [2.75, 3.05) is 20.2 Å². The Morgan fingerprint density at radius 3 is 2.70 bits per heavy atom. The summed E-state index contributed by atoms with van der Waals surface area (Å²) in [6, 6.07) is 0.0298. The van der Waals surface area contributed by atoms with Gasteiger partial charge in [-0.2, -0.15) is 0 Å². The highest BCUT2D eigenvalue weighted by Gasteiger charge is 2.46. The van der Waals surface area contributed by atoms with E-state index in [2.05, 4.69) is 5.32 Å². The average molecular weight is 284 g/mol. The monoisotopic (exact) mass is 284 g/mol. The number of carbonyl (C=O) groups is 2. The van der Waals surface area contributed by atoms with Gasteiger partial charge in [0, 0.05) is 26.2 Å². The first-order valence-electron chi connectivity index (χ1n) is 7.32. The van der Waals surface area contributed by atoms with Crippen molar-refractivity contribution >= 4 is 12.0 Å². The molecule has 1 saturated heterocycles. The fourth-order valence-electron chi connectivity index (χ4n) is 3.15. The van der Waals surface area contributed by atoms with Gasteiger partial charge in [0.2, 0.25) is 0 Å². The summed E-state index contributed by atoms with van der Waals surface area (Å²) in [5.74, 6) is -0.780. The summed E-state index contributed by atoms with van der Waals surface area (Å²) in [6.07, 6.45) is 3.93. The van der Waals surface area contributed by atoms with Crippen LogP contribution in [-0.4, -0.2) is 54.4 Å². The third-order valence-electron chi connectivity index (χ3n) is 4.58. The maximum absolute atomic E-state index is 12.1. The Labute approximate surface area is 119 Å². The van der Waals surface area contributed by atoms with E-state index in [1.165, 1.54) is 0 Å². The van der Waals surface area contributed by atoms with E-state index in [0.717, 1.165) is 19.3 Å². The predicted molar refractivity (Wildman–Crippen MR) is 73.5 cm³/mol. The Morgan fingerprint density at radius 1 is 1.45 bits per heavy atom. The fraction of sp³-hybridized carbons (Fsp3) is 0.857. The number of ether oxygens (including phenoxy) is 1. The summed E-state index contributed by atoms with van der Waals surface area (Å²) in [7, 11) is 1.68. The van der Waals surface area contributed by atoms with Crippen molar-refractivity contribution in [2.24, 2.45) is 5.41 Å². The van der Waals surface area contributed by atoms with Crippen LogP contribution in [0.4, 0.5) is 4.79 Å². The van der Waals surface area contributed by atoms with Gasteiger partial charge < -0.3 is 20.1 Å². The van der Waals surface area contributed by atoms with Gasteiger partial charge in [-0.05, 0) is 25.7 Å². The number of carboxylic acids is 1. The van der Waals surface area contributed by atoms with Crippen LogP contribution < -0.4 is 5.32 Å². The Hall–Kier alpha value is -1.30. The molecule has 1 heterocycles. The Balaban J connectivity index is 1.85. The molecule has 0 aromatic rings. The summed E-state index contributed by atoms with van der Waals surface area (Å²) >= 11 is 0. The summed E-state index contributed by atoms with van der Waals surface area (Å²) in [5, 5.41) is 12.4. The lowest BCUT2D eigenvalue weighted by atomic mass is 9.83. The number of likely N-dealkylation sites (tertiary alicyclic amines) is 1. The van der Waals surface area contributed by atoms with E-state index in [4.69, 9.17) is 4.74 Å². The van der Waals surface area contributed by atoms with Crippen molar-refractivity contribution in [3.8, 4) is 0 Å². The van der Waals surface area contributed by atoms with Crippen LogP contribution in [0.25, 0.3) is 0 Å². The number of amides is 2. The Morgan fingerprint density at radius 2 is 2.15 bits per heavy atom. The largest absolute Gasteiger partial charge is 0.481 e. The highest BCUT2D eigenvalue weighted by Crippen LogP contribution is 2.35. The maximum Gasteiger partial charge on any atom is 0.317 e. The van der Waals surface area contributed by atoms with Crippen molar-refractivity contribution in [1.82, 2.24) is 10.2 Å². The summed E-state index contributed by atoms with van der Waals surface area (Å²) in [5.41, 5.74) is -0.749. The lowest BCUT2D eigenvalue weighted by molar-refractivity contribution is -0.148. The van der Waals surface area contributed by atoms with Gasteiger partial charge in [0.1, 0.15) is 0 Å². The molecule has 1 unspecified atom stereocenters. The van der Waals surface area contributed by atoms with Gasteiger partial charge in [0.05, 0.1) is 11.5 Å². The molecule has 2 N–H and O–H groups in total. The number of carboxylic acid groups (broad SMARTS) is 1. The molecule has 1 aliphatic carbocycles. The highest BCUT2D eigenvalue weighted by atomic mass is 16.5. The summed E-state index contributed by atoms with van der Waals surface area (Å²) in [6.45, 7) is 2.83. The third kappa shape index (κ3) is 2.90. The van der Waals surface area contributed by atoms with E-state index in [1.807, 2.05) is 6.92 Å². The van der Waals surface area contributed by atoms with Gasteiger partial charge in [-0.25, -0.2) is 4.79 Å². The molecule has 0 spiro atoms. The number of methoxy groups -OCH3 is 1. The number of aliphatic carboxylic acids is 1. The van der Waals surface area contributed by atoms with Crippen LogP contribution in [0.5, 0.6) is 0 Å². The average Bonchev–Trinajstić information content (AvgIpc) is 2.79. The van der Waals surface area contributed by atoms with Crippen LogP contribution in [-0.2, 0) is 9.53 Å². The molecule has 2 aliphatic rings. The number of hydrogen-bond donors (Lipinski definition) is 2. The van der Waals surface area contributed by atoms with E-state index in [-0.39, 0.29) is 18.2 Å². The molecule has 1 aliphatic heterocycles. The molecule has 2 rings (SSSR count). The minimum Gasteiger partial charge on any atom is -0.481 e. The molecule has 0 bridgehead atoms. The lowest BCUT2D eigenvalue weighted by Crippen LogP contribution is -2.52. The molecule has 0 radical (unpaired) electrons. The predicted octanol–water partition coefficient (Wildman–Crippen LogP) is 1.45. The number of rotatable bonds is 5. The zero-order valence-electron chi connectivity index (χ0n) is 12.2. The molecule has 6 heteroatoms. The second kappa shape index (κ2) is 5.99. The van der Waals surface area contributed by atoms with E-state index in [9.17, 15) is 14.7 Å². The molecule has 0 aromatic heterocycles. The van der Waals surface area contributed by atoms with Crippen molar-refractivity contribution in [3.63, 3.8) is 0 Å². The topological polar surface area (TPSA) is 78.9 Å². The first-order chi connectivity index (χ1) is 9.50. The van der Waals surface area contributed by atoms with Gasteiger partial charge in [-0.15, -0.1) is 0 Å². The van der Waals surface area contributed by atoms with Gasteiger partial charge in [-0.3, -0.25) is 4.79 Å². The van der Waals surface area contributed by atoms with E-state index in [0.29, 0.717) is 25.9 Å². The van der Waals surface area contributed by atoms with Crippen molar-refractivity contribution in [3.05, 3.63) is 0 Å². The molecule has 2 amide bonds. The fourth-order valence-corrected chi connectivity index (χ4v) is 3.15. The molecule has 20 heavy (non-hydrogen) atoms. The van der Waals surface area contributed by atoms with Gasteiger partial charge in [0.15, 0.2) is 0 Å². The number of carbonyl (C=O) groups excluding carboxylic acids is 1. The van der Waals surface area contributed by atoms with Gasteiger partial charge >= 0.3 is 12.0 Å². The number of nitrogens with one attached hydrogen (secondary N) is 1. The van der Waals surface area contributed by atoms with E-state index in [1.54, 1.807) is 12.0 Å². The smallest absolute Gasteiger partial charge is 0.317 e. The number of nitrogens with zero attached hydrogens (tertiary/aromatic N) is 1. The molecule has 1 atom stereocenters. The SMILES string of the molecule is CCCC1(C(=O)O)CCN(C(=O)NC2CC(OC)C2)C1. The highest BCUT2D eigenvalue weighted by molar-refractivity contribution is 5.80. The van der Waals surface area contributed by atoms with Crippen LogP contribution in [0.1, 0.15) is 39.0 Å². The molecular weight excluding hydrogens is 260 g/mol. The lowest BCUT2D eigenvalue weighted by Gasteiger charge is -2.35. The van der Waals surface area contributed by atoms with Crippen molar-refractivity contribution < 1.29 is 19.4 Å². The van der Waals surface area contributed by atoms with Crippen LogP contribution in [0, 0.1) is 5.41 Å². The summed E-state index contributed by atoms with van der Waals surface area (Å²) in [4.78, 5) is 25.3. The quantitative estimate of drug-likeness (QED) is 0.801. The van der Waals surface area contributed by atoms with Crippen LogP contribution >= 0.6 is 0 Å². The first kappa shape index (κ1) is 15.1. The van der Waals surface area contributed by atoms with Crippen LogP contribution in [0.15, 0.2) is 0 Å². The minimum atomic E-state index is -0.780. The Bertz CT molecular complexity index is 381. The molecule has 6 nitrogen and oxygen atoms in total.